The maximum Gasteiger partial charge on any atom is 0.124 e. The van der Waals surface area contributed by atoms with Gasteiger partial charge in [-0.25, -0.2) is 0 Å². The van der Waals surface area contributed by atoms with Crippen molar-refractivity contribution in [3.63, 3.8) is 0 Å². The Bertz CT molecular complexity index is 756. The van der Waals surface area contributed by atoms with Crippen LogP contribution in [0.3, 0.4) is 0 Å². The fraction of sp³-hybridized carbons (Fsp3) is 0.538. The molecule has 164 valence electrons. The highest BCUT2D eigenvalue weighted by molar-refractivity contribution is 5.49. The lowest BCUT2D eigenvalue weighted by Gasteiger charge is -2.24. The van der Waals surface area contributed by atoms with E-state index in [1.54, 1.807) is 7.11 Å². The number of hydrogen-bond acceptors (Lipinski definition) is 4. The summed E-state index contributed by atoms with van der Waals surface area (Å²) in [4.78, 5) is 0. The van der Waals surface area contributed by atoms with E-state index in [1.807, 2.05) is 12.1 Å². The number of nitrogens with one attached hydrogen (secondary N) is 2. The van der Waals surface area contributed by atoms with Crippen molar-refractivity contribution in [3.05, 3.63) is 53.6 Å². The van der Waals surface area contributed by atoms with E-state index in [0.29, 0.717) is 12.6 Å². The summed E-state index contributed by atoms with van der Waals surface area (Å²) in [7, 11) is 1.71. The van der Waals surface area contributed by atoms with Crippen LogP contribution >= 0.6 is 0 Å². The first kappa shape index (κ1) is 22.5. The van der Waals surface area contributed by atoms with Gasteiger partial charge in [0.1, 0.15) is 11.5 Å². The Morgan fingerprint density at radius 3 is 2.73 bits per heavy atom. The Kier molecular flexibility index (Phi) is 9.36. The molecule has 0 unspecified atom stereocenters. The number of anilines is 1. The summed E-state index contributed by atoms with van der Waals surface area (Å²) in [5.74, 6) is 1.81. The summed E-state index contributed by atoms with van der Waals surface area (Å²) in [5, 5.41) is 7.22. The van der Waals surface area contributed by atoms with E-state index in [2.05, 4.69) is 47.9 Å². The number of methoxy groups -OCH3 is 1. The van der Waals surface area contributed by atoms with Gasteiger partial charge in [-0.1, -0.05) is 51.2 Å². The monoisotopic (exact) mass is 410 g/mol. The Hall–Kier alpha value is -2.20. The van der Waals surface area contributed by atoms with Crippen molar-refractivity contribution in [1.82, 2.24) is 5.32 Å². The van der Waals surface area contributed by atoms with Crippen LogP contribution < -0.4 is 20.1 Å². The number of unbranched alkanes of at least 4 members (excludes halogenated alkanes) is 4. The number of piperidine rings is 1. The van der Waals surface area contributed by atoms with Crippen molar-refractivity contribution in [1.29, 1.82) is 0 Å². The van der Waals surface area contributed by atoms with Gasteiger partial charge in [-0.15, -0.1) is 0 Å². The van der Waals surface area contributed by atoms with Gasteiger partial charge in [0, 0.05) is 23.8 Å². The molecule has 0 radical (unpaired) electrons. The second-order valence-corrected chi connectivity index (χ2v) is 8.22. The Balaban J connectivity index is 1.59. The summed E-state index contributed by atoms with van der Waals surface area (Å²) in [6, 6.07) is 15.4. The van der Waals surface area contributed by atoms with Gasteiger partial charge >= 0.3 is 0 Å². The van der Waals surface area contributed by atoms with Gasteiger partial charge in [-0.05, 0) is 61.7 Å². The Morgan fingerprint density at radius 1 is 1.03 bits per heavy atom. The maximum atomic E-state index is 6.12. The zero-order chi connectivity index (χ0) is 21.0. The molecular weight excluding hydrogens is 372 g/mol. The smallest absolute Gasteiger partial charge is 0.124 e. The molecule has 0 bridgehead atoms. The number of benzene rings is 2. The van der Waals surface area contributed by atoms with Gasteiger partial charge in [-0.2, -0.15) is 0 Å². The summed E-state index contributed by atoms with van der Waals surface area (Å²) in [6.07, 6.45) is 10.0. The normalized spacial score (nSPS) is 16.3. The van der Waals surface area contributed by atoms with E-state index < -0.39 is 0 Å². The first-order chi connectivity index (χ1) is 14.8. The molecule has 0 spiro atoms. The number of hydrogen-bond donors (Lipinski definition) is 2. The standard InChI is InChI=1S/C26H38N2O2/c1-3-4-5-6-9-17-30-26-15-14-24(29-2)19-22(26)20-28-23-12-10-11-21(18-23)25-13-7-8-16-27-25/h10-12,14-15,18-19,25,27-28H,3-9,13,16-17,20H2,1-2H3/t25-/m0/s1. The molecule has 1 heterocycles. The zero-order valence-electron chi connectivity index (χ0n) is 18.7. The van der Waals surface area contributed by atoms with Crippen LogP contribution in [0, 0.1) is 0 Å². The summed E-state index contributed by atoms with van der Waals surface area (Å²) < 4.78 is 11.6. The van der Waals surface area contributed by atoms with Gasteiger partial charge < -0.3 is 20.1 Å². The molecule has 2 aromatic rings. The minimum atomic E-state index is 0.476. The van der Waals surface area contributed by atoms with Crippen LogP contribution in [0.5, 0.6) is 11.5 Å². The molecular formula is C26H38N2O2. The molecule has 4 heteroatoms. The first-order valence-corrected chi connectivity index (χ1v) is 11.7. The van der Waals surface area contributed by atoms with Crippen molar-refractivity contribution in [2.75, 3.05) is 25.6 Å². The third-order valence-electron chi connectivity index (χ3n) is 5.86. The molecule has 2 aromatic carbocycles. The van der Waals surface area contributed by atoms with Crippen LogP contribution in [0.4, 0.5) is 5.69 Å². The van der Waals surface area contributed by atoms with Gasteiger partial charge in [0.25, 0.3) is 0 Å². The third-order valence-corrected chi connectivity index (χ3v) is 5.86. The second-order valence-electron chi connectivity index (χ2n) is 8.22. The largest absolute Gasteiger partial charge is 0.497 e. The van der Waals surface area contributed by atoms with Gasteiger partial charge in [0.15, 0.2) is 0 Å². The lowest BCUT2D eigenvalue weighted by atomic mass is 9.97. The van der Waals surface area contributed by atoms with Crippen molar-refractivity contribution < 1.29 is 9.47 Å². The molecule has 30 heavy (non-hydrogen) atoms. The van der Waals surface area contributed by atoms with Crippen LogP contribution in [0.15, 0.2) is 42.5 Å². The first-order valence-electron chi connectivity index (χ1n) is 11.7. The quantitative estimate of drug-likeness (QED) is 0.393. The molecule has 1 aliphatic heterocycles. The molecule has 4 nitrogen and oxygen atoms in total. The summed E-state index contributed by atoms with van der Waals surface area (Å²) in [5.41, 5.74) is 3.64. The maximum absolute atomic E-state index is 6.12. The molecule has 2 N–H and O–H groups in total. The number of rotatable bonds is 12. The van der Waals surface area contributed by atoms with E-state index in [0.717, 1.165) is 42.3 Å². The highest BCUT2D eigenvalue weighted by Crippen LogP contribution is 2.28. The lowest BCUT2D eigenvalue weighted by molar-refractivity contribution is 0.301. The molecule has 0 aromatic heterocycles. The van der Waals surface area contributed by atoms with Crippen LogP contribution in [0.1, 0.15) is 75.5 Å². The fourth-order valence-electron chi connectivity index (χ4n) is 4.05. The molecule has 0 amide bonds. The van der Waals surface area contributed by atoms with Gasteiger partial charge in [0.2, 0.25) is 0 Å². The van der Waals surface area contributed by atoms with E-state index in [-0.39, 0.29) is 0 Å². The average molecular weight is 411 g/mol. The van der Waals surface area contributed by atoms with E-state index in [1.165, 1.54) is 50.5 Å². The minimum Gasteiger partial charge on any atom is -0.497 e. The number of ether oxygens (including phenoxy) is 2. The topological polar surface area (TPSA) is 42.5 Å². The molecule has 3 rings (SSSR count). The van der Waals surface area contributed by atoms with Crippen molar-refractivity contribution >= 4 is 5.69 Å². The van der Waals surface area contributed by atoms with Gasteiger partial charge in [-0.3, -0.25) is 0 Å². The lowest BCUT2D eigenvalue weighted by Crippen LogP contribution is -2.26. The molecule has 1 fully saturated rings. The molecule has 0 aliphatic carbocycles. The SMILES string of the molecule is CCCCCCCOc1ccc(OC)cc1CNc1cccc([C@@H]2CCCCN2)c1. The van der Waals surface area contributed by atoms with Crippen LogP contribution in [-0.2, 0) is 6.54 Å². The van der Waals surface area contributed by atoms with Crippen LogP contribution in [0.25, 0.3) is 0 Å². The fourth-order valence-corrected chi connectivity index (χ4v) is 4.05. The van der Waals surface area contributed by atoms with E-state index in [4.69, 9.17) is 9.47 Å². The minimum absolute atomic E-state index is 0.476. The predicted molar refractivity (Wildman–Crippen MR) is 126 cm³/mol. The second kappa shape index (κ2) is 12.5. The Labute approximate surface area is 182 Å². The van der Waals surface area contributed by atoms with Crippen molar-refractivity contribution in [2.45, 2.75) is 70.9 Å². The van der Waals surface area contributed by atoms with Gasteiger partial charge in [0.05, 0.1) is 13.7 Å². The molecule has 1 aliphatic rings. The van der Waals surface area contributed by atoms with E-state index in [9.17, 15) is 0 Å². The van der Waals surface area contributed by atoms with Crippen LogP contribution in [-0.4, -0.2) is 20.3 Å². The molecule has 1 atom stereocenters. The van der Waals surface area contributed by atoms with Crippen LogP contribution in [0.2, 0.25) is 0 Å². The summed E-state index contributed by atoms with van der Waals surface area (Å²) >= 11 is 0. The third kappa shape index (κ3) is 6.94. The van der Waals surface area contributed by atoms with E-state index >= 15 is 0 Å². The average Bonchev–Trinajstić information content (AvgIpc) is 2.81. The molecule has 0 saturated carbocycles. The molecule has 1 saturated heterocycles. The van der Waals surface area contributed by atoms with Crippen molar-refractivity contribution in [2.24, 2.45) is 0 Å². The predicted octanol–water partition coefficient (Wildman–Crippen LogP) is 6.47. The Morgan fingerprint density at radius 2 is 1.93 bits per heavy atom. The van der Waals surface area contributed by atoms with Crippen molar-refractivity contribution in [3.8, 4) is 11.5 Å². The highest BCUT2D eigenvalue weighted by atomic mass is 16.5. The summed E-state index contributed by atoms with van der Waals surface area (Å²) in [6.45, 7) is 4.84. The highest BCUT2D eigenvalue weighted by Gasteiger charge is 2.15. The zero-order valence-corrected chi connectivity index (χ0v) is 18.7.